The fraction of sp³-hybridized carbons (Fsp3) is 0. The van der Waals surface area contributed by atoms with Crippen LogP contribution >= 0.6 is 18.5 Å². The Balaban J connectivity index is 2.60. The monoisotopic (exact) mass is 252 g/mol. The van der Waals surface area contributed by atoms with E-state index >= 15 is 0 Å². The van der Waals surface area contributed by atoms with E-state index in [0.717, 1.165) is 0 Å². The Labute approximate surface area is 99.8 Å². The number of benzene rings is 2. The summed E-state index contributed by atoms with van der Waals surface area (Å²) in [6.07, 6.45) is -4.24. The van der Waals surface area contributed by atoms with Gasteiger partial charge in [0.25, 0.3) is 0 Å². The molecule has 0 spiro atoms. The van der Waals surface area contributed by atoms with E-state index in [9.17, 15) is 9.79 Å². The van der Waals surface area contributed by atoms with Gasteiger partial charge in [-0.05, 0) is 0 Å². The summed E-state index contributed by atoms with van der Waals surface area (Å²) >= 11 is 4.16. The van der Waals surface area contributed by atoms with Gasteiger partial charge in [0.2, 0.25) is 0 Å². The maximum atomic E-state index is 10.5. The Morgan fingerprint density at radius 1 is 0.688 bits per heavy atom. The molecule has 0 saturated heterocycles. The molecule has 0 amide bonds. The van der Waals surface area contributed by atoms with Crippen LogP contribution in [0.1, 0.15) is 0 Å². The van der Waals surface area contributed by atoms with Crippen LogP contribution in [0.15, 0.2) is 60.7 Å². The third-order valence-electron chi connectivity index (χ3n) is 2.46. The summed E-state index contributed by atoms with van der Waals surface area (Å²) in [4.78, 5) is 20.9. The van der Waals surface area contributed by atoms with Gasteiger partial charge in [-0.2, -0.15) is 0 Å². The minimum absolute atomic E-state index is 0.447. The van der Waals surface area contributed by atoms with Gasteiger partial charge in [0.1, 0.15) is 0 Å². The Morgan fingerprint density at radius 2 is 1.00 bits per heavy atom. The van der Waals surface area contributed by atoms with Gasteiger partial charge in [-0.25, -0.2) is 0 Å². The molecule has 84 valence electrons. The van der Waals surface area contributed by atoms with Crippen molar-refractivity contribution in [2.75, 3.05) is 0 Å². The third-order valence-corrected chi connectivity index (χ3v) is 6.35. The second-order valence-electron chi connectivity index (χ2n) is 3.65. The molecule has 0 aliphatic carbocycles. The van der Waals surface area contributed by atoms with E-state index in [4.69, 9.17) is 0 Å². The van der Waals surface area contributed by atoms with Gasteiger partial charge < -0.3 is 0 Å². The molecule has 2 rings (SSSR count). The van der Waals surface area contributed by atoms with Gasteiger partial charge in [0.05, 0.1) is 0 Å². The van der Waals surface area contributed by atoms with Crippen molar-refractivity contribution in [2.45, 2.75) is 0 Å². The molecule has 2 N–H and O–H groups in total. The zero-order valence-corrected chi connectivity index (χ0v) is 10.4. The molecule has 16 heavy (non-hydrogen) atoms. The Morgan fingerprint density at radius 3 is 1.31 bits per heavy atom. The summed E-state index contributed by atoms with van der Waals surface area (Å²) in [5.74, 6) is 0. The Kier molecular flexibility index (Phi) is 2.81. The van der Waals surface area contributed by atoms with Crippen molar-refractivity contribution in [3.63, 3.8) is 0 Å². The fourth-order valence-corrected chi connectivity index (χ4v) is 4.09. The summed E-state index contributed by atoms with van der Waals surface area (Å²) < 4.78 is 0. The molecule has 0 heterocycles. The van der Waals surface area contributed by atoms with E-state index < -0.39 is 6.26 Å². The van der Waals surface area contributed by atoms with E-state index in [2.05, 4.69) is 12.2 Å². The molecule has 0 atom stereocenters. The average molecular weight is 252 g/mol. The van der Waals surface area contributed by atoms with Gasteiger partial charge in [-0.3, -0.25) is 0 Å². The third kappa shape index (κ3) is 2.00. The minimum atomic E-state index is -4.24. The summed E-state index contributed by atoms with van der Waals surface area (Å²) in [5.41, 5.74) is 0. The van der Waals surface area contributed by atoms with Crippen molar-refractivity contribution in [1.82, 2.24) is 0 Å². The summed E-state index contributed by atoms with van der Waals surface area (Å²) in [5, 5.41) is 0.895. The van der Waals surface area contributed by atoms with Crippen LogP contribution in [0.25, 0.3) is 0 Å². The van der Waals surface area contributed by atoms with Gasteiger partial charge in [-0.15, -0.1) is 0 Å². The fourth-order valence-electron chi connectivity index (χ4n) is 1.55. The number of hydrogen-bond acceptors (Lipinski definition) is 3. The van der Waals surface area contributed by atoms with Crippen LogP contribution < -0.4 is 10.6 Å². The van der Waals surface area contributed by atoms with Crippen LogP contribution in [0.4, 0.5) is 0 Å². The Hall–Kier alpha value is -0.860. The summed E-state index contributed by atoms with van der Waals surface area (Å²) in [6, 6.07) is 17.4. The van der Waals surface area contributed by atoms with Crippen molar-refractivity contribution in [2.24, 2.45) is 0 Å². The maximum absolute atomic E-state index is 10.5. The normalized spacial score (nSPS) is 14.1. The van der Waals surface area contributed by atoms with E-state index in [1.807, 2.05) is 12.1 Å². The first-order chi connectivity index (χ1) is 7.49. The van der Waals surface area contributed by atoms with Crippen LogP contribution in [0.3, 0.4) is 0 Å². The first kappa shape index (κ1) is 11.6. The predicted octanol–water partition coefficient (Wildman–Crippen LogP) is 1.85. The van der Waals surface area contributed by atoms with E-state index in [-0.39, 0.29) is 0 Å². The van der Waals surface area contributed by atoms with Crippen LogP contribution in [0.2, 0.25) is 0 Å². The molecule has 2 nitrogen and oxygen atoms in total. The van der Waals surface area contributed by atoms with Crippen molar-refractivity contribution in [1.29, 1.82) is 0 Å². The molecule has 0 radical (unpaired) electrons. The number of rotatable bonds is 2. The molecule has 0 bridgehead atoms. The molecule has 0 saturated carbocycles. The first-order valence-electron chi connectivity index (χ1n) is 4.87. The van der Waals surface area contributed by atoms with Crippen LogP contribution in [0.5, 0.6) is 0 Å². The van der Waals surface area contributed by atoms with E-state index in [0.29, 0.717) is 10.6 Å². The quantitative estimate of drug-likeness (QED) is 0.564. The zero-order valence-electron chi connectivity index (χ0n) is 8.56. The molecule has 2 aromatic carbocycles. The van der Waals surface area contributed by atoms with Crippen LogP contribution in [-0.4, -0.2) is 9.79 Å². The molecule has 0 fully saturated rings. The average Bonchev–Trinajstić information content (AvgIpc) is 2.31. The van der Waals surface area contributed by atoms with E-state index in [1.54, 1.807) is 48.5 Å². The topological polar surface area (TPSA) is 40.5 Å². The predicted molar refractivity (Wildman–Crippen MR) is 72.5 cm³/mol. The number of thiol groups is 1. The standard InChI is InChI=1S/C12H13O2PS/c13-15(14,16,11-7-3-1-4-8-11)12-9-5-2-6-10-12/h1-10,13-14,16H. The van der Waals surface area contributed by atoms with Crippen LogP contribution in [0, 0.1) is 0 Å². The molecular formula is C12H13O2PS. The van der Waals surface area contributed by atoms with Crippen molar-refractivity contribution >= 4 is 29.1 Å². The van der Waals surface area contributed by atoms with Gasteiger partial charge in [0.15, 0.2) is 0 Å². The summed E-state index contributed by atoms with van der Waals surface area (Å²) in [6.45, 7) is 0. The summed E-state index contributed by atoms with van der Waals surface area (Å²) in [7, 11) is 0. The second kappa shape index (κ2) is 3.86. The van der Waals surface area contributed by atoms with E-state index in [1.165, 1.54) is 0 Å². The SMILES string of the molecule is OP(O)(S)(c1ccccc1)c1ccccc1. The molecule has 0 aromatic heterocycles. The molecule has 4 heteroatoms. The van der Waals surface area contributed by atoms with Crippen molar-refractivity contribution < 1.29 is 9.79 Å². The van der Waals surface area contributed by atoms with Gasteiger partial charge in [0, 0.05) is 0 Å². The van der Waals surface area contributed by atoms with Gasteiger partial charge >= 0.3 is 99.6 Å². The molecule has 0 aliphatic heterocycles. The molecule has 0 unspecified atom stereocenters. The van der Waals surface area contributed by atoms with Crippen molar-refractivity contribution in [3.8, 4) is 0 Å². The number of hydrogen-bond donors (Lipinski definition) is 3. The molecule has 2 aromatic rings. The molecular weight excluding hydrogens is 239 g/mol. The van der Waals surface area contributed by atoms with Crippen molar-refractivity contribution in [3.05, 3.63) is 60.7 Å². The first-order valence-corrected chi connectivity index (χ1v) is 8.16. The second-order valence-corrected chi connectivity index (χ2v) is 8.92. The van der Waals surface area contributed by atoms with Crippen LogP contribution in [-0.2, 0) is 0 Å². The Bertz CT molecular complexity index is 433. The van der Waals surface area contributed by atoms with Gasteiger partial charge in [-0.1, -0.05) is 0 Å². The zero-order chi connectivity index (χ0) is 11.7. The molecule has 0 aliphatic rings.